The zero-order chi connectivity index (χ0) is 18.9. The third-order valence-corrected chi connectivity index (χ3v) is 4.18. The Labute approximate surface area is 141 Å². The van der Waals surface area contributed by atoms with Crippen LogP contribution >= 0.6 is 0 Å². The van der Waals surface area contributed by atoms with Crippen molar-refractivity contribution in [3.63, 3.8) is 0 Å². The number of hydrogen-bond donors (Lipinski definition) is 0. The van der Waals surface area contributed by atoms with Crippen molar-refractivity contribution in [1.29, 1.82) is 0 Å². The molecule has 0 saturated heterocycles. The van der Waals surface area contributed by atoms with Gasteiger partial charge >= 0.3 is 11.9 Å². The molecule has 0 aliphatic heterocycles. The van der Waals surface area contributed by atoms with Gasteiger partial charge in [0, 0.05) is 24.7 Å². The quantitative estimate of drug-likeness (QED) is 0.528. The Balaban J connectivity index is 2.76. The first-order valence-corrected chi connectivity index (χ1v) is 7.86. The van der Waals surface area contributed by atoms with Gasteiger partial charge in [-0.15, -0.1) is 0 Å². The minimum Gasteiger partial charge on any atom is -0.360 e. The van der Waals surface area contributed by atoms with Crippen LogP contribution < -0.4 is 4.90 Å². The molecule has 0 spiro atoms. The lowest BCUT2D eigenvalue weighted by atomic mass is 10.0. The summed E-state index contributed by atoms with van der Waals surface area (Å²) in [6, 6.07) is 0.410. The summed E-state index contributed by atoms with van der Waals surface area (Å²) in [6.45, 7) is 3.44. The molecule has 0 aromatic heterocycles. The molecule has 1 fully saturated rings. The Kier molecular flexibility index (Phi) is 5.19. The molecule has 1 aromatic carbocycles. The number of halogens is 3. The predicted octanol–water partition coefficient (Wildman–Crippen LogP) is 4.46. The van der Waals surface area contributed by atoms with Crippen LogP contribution in [0, 0.1) is 33.1 Å². The summed E-state index contributed by atoms with van der Waals surface area (Å²) in [6.07, 6.45) is -2.55. The Morgan fingerprint density at radius 2 is 1.84 bits per heavy atom. The highest BCUT2D eigenvalue weighted by Crippen LogP contribution is 2.47. The summed E-state index contributed by atoms with van der Waals surface area (Å²) in [5.41, 5.74) is -3.99. The van der Waals surface area contributed by atoms with Crippen molar-refractivity contribution in [1.82, 2.24) is 0 Å². The van der Waals surface area contributed by atoms with Crippen molar-refractivity contribution in [3.8, 4) is 0 Å². The molecule has 0 atom stereocenters. The number of hydrogen-bond acceptors (Lipinski definition) is 5. The molecule has 1 saturated carbocycles. The van der Waals surface area contributed by atoms with Crippen LogP contribution in [0.4, 0.5) is 30.2 Å². The lowest BCUT2D eigenvalue weighted by Gasteiger charge is -2.25. The number of anilines is 1. The lowest BCUT2D eigenvalue weighted by molar-refractivity contribution is -0.393. The highest BCUT2D eigenvalue weighted by Gasteiger charge is 2.42. The first kappa shape index (κ1) is 18.9. The standard InChI is InChI=1S/C15H18F3N3O4/c1-3-6-19(8-10-4-5-10)14-12(20(22)23)7-11(15(16,17)18)9(2)13(14)21(24)25/h7,10H,3-6,8H2,1-2H3. The van der Waals surface area contributed by atoms with Crippen LogP contribution in [-0.2, 0) is 6.18 Å². The normalized spacial score (nSPS) is 14.4. The molecule has 1 aliphatic rings. The van der Waals surface area contributed by atoms with Gasteiger partial charge < -0.3 is 4.90 Å². The molecule has 0 bridgehead atoms. The van der Waals surface area contributed by atoms with E-state index in [1.807, 2.05) is 0 Å². The van der Waals surface area contributed by atoms with Crippen LogP contribution in [-0.4, -0.2) is 22.9 Å². The van der Waals surface area contributed by atoms with E-state index in [-0.39, 0.29) is 11.6 Å². The molecule has 1 aromatic rings. The highest BCUT2D eigenvalue weighted by molar-refractivity contribution is 5.79. The van der Waals surface area contributed by atoms with E-state index in [0.717, 1.165) is 19.8 Å². The van der Waals surface area contributed by atoms with Crippen molar-refractivity contribution in [3.05, 3.63) is 37.4 Å². The van der Waals surface area contributed by atoms with Crippen molar-refractivity contribution in [2.45, 2.75) is 39.3 Å². The van der Waals surface area contributed by atoms with E-state index >= 15 is 0 Å². The highest BCUT2D eigenvalue weighted by atomic mass is 19.4. The van der Waals surface area contributed by atoms with Gasteiger partial charge in [-0.2, -0.15) is 13.2 Å². The topological polar surface area (TPSA) is 89.5 Å². The number of benzene rings is 1. The van der Waals surface area contributed by atoms with E-state index in [0.29, 0.717) is 25.6 Å². The number of alkyl halides is 3. The zero-order valence-corrected chi connectivity index (χ0v) is 13.8. The smallest absolute Gasteiger partial charge is 0.360 e. The average Bonchev–Trinajstić information content (AvgIpc) is 3.28. The van der Waals surface area contributed by atoms with Gasteiger partial charge in [0.1, 0.15) is 0 Å². The predicted molar refractivity (Wildman–Crippen MR) is 84.7 cm³/mol. The van der Waals surface area contributed by atoms with E-state index in [1.165, 1.54) is 4.90 Å². The lowest BCUT2D eigenvalue weighted by Crippen LogP contribution is -2.29. The summed E-state index contributed by atoms with van der Waals surface area (Å²) in [5.74, 6) is 0.258. The second-order valence-corrected chi connectivity index (χ2v) is 6.17. The molecule has 25 heavy (non-hydrogen) atoms. The van der Waals surface area contributed by atoms with Gasteiger partial charge in [0.2, 0.25) is 0 Å². The third kappa shape index (κ3) is 3.99. The van der Waals surface area contributed by atoms with Crippen LogP contribution in [0.25, 0.3) is 0 Å². The number of rotatable bonds is 7. The summed E-state index contributed by atoms with van der Waals surface area (Å²) in [7, 11) is 0. The molecule has 0 amide bonds. The Bertz CT molecular complexity index is 702. The first-order chi connectivity index (χ1) is 11.6. The molecular formula is C15H18F3N3O4. The van der Waals surface area contributed by atoms with Crippen LogP contribution in [0.3, 0.4) is 0 Å². The van der Waals surface area contributed by atoms with Gasteiger partial charge in [-0.25, -0.2) is 0 Å². The Morgan fingerprint density at radius 1 is 1.24 bits per heavy atom. The molecule has 138 valence electrons. The zero-order valence-electron chi connectivity index (χ0n) is 13.8. The monoisotopic (exact) mass is 361 g/mol. The Morgan fingerprint density at radius 3 is 2.24 bits per heavy atom. The van der Waals surface area contributed by atoms with E-state index < -0.39 is 38.5 Å². The SMILES string of the molecule is CCCN(CC1CC1)c1c([N+](=O)[O-])cc(C(F)(F)F)c(C)c1[N+](=O)[O-]. The van der Waals surface area contributed by atoms with Crippen LogP contribution in [0.1, 0.15) is 37.3 Å². The van der Waals surface area contributed by atoms with Crippen molar-refractivity contribution in [2.24, 2.45) is 5.92 Å². The summed E-state index contributed by atoms with van der Waals surface area (Å²) < 4.78 is 39.5. The van der Waals surface area contributed by atoms with Gasteiger partial charge in [-0.1, -0.05) is 6.92 Å². The van der Waals surface area contributed by atoms with Gasteiger partial charge in [0.05, 0.1) is 15.4 Å². The Hall–Kier alpha value is -2.39. The maximum Gasteiger partial charge on any atom is 0.417 e. The molecular weight excluding hydrogens is 343 g/mol. The fraction of sp³-hybridized carbons (Fsp3) is 0.600. The maximum absolute atomic E-state index is 13.2. The van der Waals surface area contributed by atoms with E-state index in [1.54, 1.807) is 6.92 Å². The third-order valence-electron chi connectivity index (χ3n) is 4.18. The molecule has 0 heterocycles. The summed E-state index contributed by atoms with van der Waals surface area (Å²) in [4.78, 5) is 22.4. The largest absolute Gasteiger partial charge is 0.417 e. The minimum absolute atomic E-state index is 0.258. The van der Waals surface area contributed by atoms with E-state index in [9.17, 15) is 33.4 Å². The van der Waals surface area contributed by atoms with E-state index in [2.05, 4.69) is 0 Å². The average molecular weight is 361 g/mol. The number of nitrogens with zero attached hydrogens (tertiary/aromatic N) is 3. The molecule has 1 aliphatic carbocycles. The van der Waals surface area contributed by atoms with E-state index in [4.69, 9.17) is 0 Å². The second-order valence-electron chi connectivity index (χ2n) is 6.17. The van der Waals surface area contributed by atoms with Crippen molar-refractivity contribution < 1.29 is 23.0 Å². The van der Waals surface area contributed by atoms with Gasteiger partial charge in [-0.3, -0.25) is 20.2 Å². The fourth-order valence-electron chi connectivity index (χ4n) is 2.88. The van der Waals surface area contributed by atoms with Gasteiger partial charge in [0.15, 0.2) is 5.69 Å². The van der Waals surface area contributed by atoms with Gasteiger partial charge in [-0.05, 0) is 32.1 Å². The molecule has 10 heteroatoms. The second kappa shape index (κ2) is 6.85. The molecule has 0 radical (unpaired) electrons. The fourth-order valence-corrected chi connectivity index (χ4v) is 2.88. The first-order valence-electron chi connectivity index (χ1n) is 7.86. The summed E-state index contributed by atoms with van der Waals surface area (Å²) in [5, 5.41) is 22.9. The van der Waals surface area contributed by atoms with Crippen LogP contribution in [0.5, 0.6) is 0 Å². The van der Waals surface area contributed by atoms with Crippen molar-refractivity contribution in [2.75, 3.05) is 18.0 Å². The molecule has 2 rings (SSSR count). The van der Waals surface area contributed by atoms with Crippen LogP contribution in [0.2, 0.25) is 0 Å². The number of nitro groups is 2. The molecule has 7 nitrogen and oxygen atoms in total. The van der Waals surface area contributed by atoms with Crippen molar-refractivity contribution >= 4 is 17.1 Å². The maximum atomic E-state index is 13.2. The number of nitro benzene ring substituents is 2. The minimum atomic E-state index is -4.91. The van der Waals surface area contributed by atoms with Crippen LogP contribution in [0.15, 0.2) is 6.07 Å². The molecule has 0 unspecified atom stereocenters. The molecule has 0 N–H and O–H groups in total. The van der Waals surface area contributed by atoms with Gasteiger partial charge in [0.25, 0.3) is 5.69 Å². The summed E-state index contributed by atoms with van der Waals surface area (Å²) >= 11 is 0.